The van der Waals surface area contributed by atoms with Crippen molar-refractivity contribution in [1.29, 1.82) is 0 Å². The van der Waals surface area contributed by atoms with Crippen LogP contribution in [0.5, 0.6) is 11.5 Å². The first-order chi connectivity index (χ1) is 17.1. The van der Waals surface area contributed by atoms with Gasteiger partial charge in [-0.1, -0.05) is 0 Å². The monoisotopic (exact) mass is 513 g/mol. The SMILES string of the molecule is CC(C)(C)OC(=O)NCCCn1cc(-c2cc3nccc(Oc4ccc([N+](=O)[O-])cc4F)c3s2)cn1. The Morgan fingerprint density at radius 1 is 1.25 bits per heavy atom. The van der Waals surface area contributed by atoms with Crippen molar-refractivity contribution in [1.82, 2.24) is 20.1 Å². The lowest BCUT2D eigenvalue weighted by molar-refractivity contribution is -0.385. The number of aromatic nitrogens is 3. The number of carbonyl (C=O) groups is 1. The first-order valence-corrected chi connectivity index (χ1v) is 11.9. The Morgan fingerprint density at radius 3 is 2.78 bits per heavy atom. The molecule has 12 heteroatoms. The molecule has 1 aromatic carbocycles. The van der Waals surface area contributed by atoms with Gasteiger partial charge in [0, 0.05) is 48.1 Å². The topological polar surface area (TPSA) is 121 Å². The van der Waals surface area contributed by atoms with E-state index in [2.05, 4.69) is 15.4 Å². The number of thiophene rings is 1. The molecular weight excluding hydrogens is 489 g/mol. The number of alkyl carbamates (subject to hydrolysis) is 1. The maximum Gasteiger partial charge on any atom is 0.407 e. The molecule has 0 bridgehead atoms. The van der Waals surface area contributed by atoms with E-state index in [1.54, 1.807) is 23.1 Å². The normalized spacial score (nSPS) is 11.4. The van der Waals surface area contributed by atoms with Crippen molar-refractivity contribution < 1.29 is 23.6 Å². The predicted molar refractivity (Wildman–Crippen MR) is 133 cm³/mol. The molecule has 0 atom stereocenters. The van der Waals surface area contributed by atoms with Crippen LogP contribution in [0.3, 0.4) is 0 Å². The van der Waals surface area contributed by atoms with Crippen molar-refractivity contribution in [3.63, 3.8) is 0 Å². The highest BCUT2D eigenvalue weighted by Gasteiger charge is 2.17. The minimum Gasteiger partial charge on any atom is -0.453 e. The van der Waals surface area contributed by atoms with Crippen molar-refractivity contribution in [2.75, 3.05) is 6.54 Å². The number of aryl methyl sites for hydroxylation is 1. The van der Waals surface area contributed by atoms with Crippen molar-refractivity contribution >= 4 is 33.3 Å². The molecule has 10 nitrogen and oxygen atoms in total. The first-order valence-electron chi connectivity index (χ1n) is 11.1. The minimum absolute atomic E-state index is 0.115. The summed E-state index contributed by atoms with van der Waals surface area (Å²) in [5, 5.41) is 18.0. The average molecular weight is 514 g/mol. The van der Waals surface area contributed by atoms with E-state index in [9.17, 15) is 19.3 Å². The summed E-state index contributed by atoms with van der Waals surface area (Å²) >= 11 is 1.42. The van der Waals surface area contributed by atoms with Gasteiger partial charge in [0.1, 0.15) is 11.4 Å². The largest absolute Gasteiger partial charge is 0.453 e. The van der Waals surface area contributed by atoms with Crippen LogP contribution in [-0.2, 0) is 11.3 Å². The Bertz CT molecular complexity index is 1410. The molecule has 0 fully saturated rings. The fourth-order valence-corrected chi connectivity index (χ4v) is 4.34. The standard InChI is InChI=1S/C24H24FN5O5S/c1-24(2,3)35-23(31)27-8-4-10-29-14-15(13-28-29)21-12-18-22(36-21)20(7-9-26-18)34-19-6-5-16(30(32)33)11-17(19)25/h5-7,9,11-14H,4,8,10H2,1-3H3,(H,27,31). The Kier molecular flexibility index (Phi) is 7.15. The molecule has 4 rings (SSSR count). The van der Waals surface area contributed by atoms with Gasteiger partial charge in [-0.05, 0) is 39.3 Å². The van der Waals surface area contributed by atoms with E-state index in [0.717, 1.165) is 16.5 Å². The maximum absolute atomic E-state index is 14.3. The number of benzene rings is 1. The van der Waals surface area contributed by atoms with Gasteiger partial charge in [0.05, 0.1) is 27.4 Å². The van der Waals surface area contributed by atoms with Gasteiger partial charge in [-0.2, -0.15) is 5.10 Å². The van der Waals surface area contributed by atoms with Crippen LogP contribution < -0.4 is 10.1 Å². The summed E-state index contributed by atoms with van der Waals surface area (Å²) in [7, 11) is 0. The highest BCUT2D eigenvalue weighted by Crippen LogP contribution is 2.39. The zero-order valence-corrected chi connectivity index (χ0v) is 20.7. The summed E-state index contributed by atoms with van der Waals surface area (Å²) in [6.45, 7) is 6.49. The molecule has 0 saturated carbocycles. The van der Waals surface area contributed by atoms with Crippen LogP contribution in [0, 0.1) is 15.9 Å². The van der Waals surface area contributed by atoms with Gasteiger partial charge in [0.25, 0.3) is 5.69 Å². The van der Waals surface area contributed by atoms with Crippen LogP contribution in [0.1, 0.15) is 27.2 Å². The van der Waals surface area contributed by atoms with Crippen LogP contribution in [0.25, 0.3) is 20.7 Å². The summed E-state index contributed by atoms with van der Waals surface area (Å²) in [5.74, 6) is -0.547. The Labute approximate surface area is 209 Å². The fourth-order valence-electron chi connectivity index (χ4n) is 3.30. The van der Waals surface area contributed by atoms with Gasteiger partial charge in [0.2, 0.25) is 0 Å². The third kappa shape index (κ3) is 6.13. The van der Waals surface area contributed by atoms with Gasteiger partial charge >= 0.3 is 6.09 Å². The first kappa shape index (κ1) is 25.0. The number of halogens is 1. The Morgan fingerprint density at radius 2 is 2.06 bits per heavy atom. The number of nitro benzene ring substituents is 1. The Balaban J connectivity index is 1.43. The highest BCUT2D eigenvalue weighted by atomic mass is 32.1. The number of nitro groups is 1. The molecule has 0 aliphatic carbocycles. The van der Waals surface area contributed by atoms with Gasteiger partial charge in [-0.15, -0.1) is 11.3 Å². The smallest absolute Gasteiger partial charge is 0.407 e. The van der Waals surface area contributed by atoms with E-state index in [-0.39, 0.29) is 11.4 Å². The van der Waals surface area contributed by atoms with E-state index in [1.807, 2.05) is 33.0 Å². The quantitative estimate of drug-likeness (QED) is 0.176. The number of ether oxygens (including phenoxy) is 2. The number of non-ortho nitro benzene ring substituents is 1. The fraction of sp³-hybridized carbons (Fsp3) is 0.292. The number of amides is 1. The number of nitrogens with one attached hydrogen (secondary N) is 1. The zero-order valence-electron chi connectivity index (χ0n) is 19.9. The van der Waals surface area contributed by atoms with Gasteiger partial charge in [0.15, 0.2) is 11.6 Å². The zero-order chi connectivity index (χ0) is 25.9. The molecule has 3 heterocycles. The number of hydrogen-bond donors (Lipinski definition) is 1. The predicted octanol–water partition coefficient (Wildman–Crippen LogP) is 5.91. The molecule has 1 N–H and O–H groups in total. The van der Waals surface area contributed by atoms with E-state index < -0.39 is 22.4 Å². The summed E-state index contributed by atoms with van der Waals surface area (Å²) in [6.07, 6.45) is 5.41. The summed E-state index contributed by atoms with van der Waals surface area (Å²) in [6, 6.07) is 6.75. The molecule has 0 unspecified atom stereocenters. The molecule has 0 saturated heterocycles. The van der Waals surface area contributed by atoms with Crippen molar-refractivity contribution in [2.45, 2.75) is 39.3 Å². The molecule has 188 valence electrons. The number of nitrogens with zero attached hydrogens (tertiary/aromatic N) is 4. The molecule has 0 aliphatic rings. The lowest BCUT2D eigenvalue weighted by Gasteiger charge is -2.19. The number of carbonyl (C=O) groups excluding carboxylic acids is 1. The van der Waals surface area contributed by atoms with Crippen LogP contribution in [0.15, 0.2) is 48.9 Å². The molecule has 0 spiro atoms. The van der Waals surface area contributed by atoms with Gasteiger partial charge < -0.3 is 14.8 Å². The molecule has 36 heavy (non-hydrogen) atoms. The minimum atomic E-state index is -0.826. The van der Waals surface area contributed by atoms with Crippen molar-refractivity contribution in [3.05, 3.63) is 64.9 Å². The third-order valence-electron chi connectivity index (χ3n) is 4.87. The summed E-state index contributed by atoms with van der Waals surface area (Å²) in [5.41, 5.74) is 0.659. The van der Waals surface area contributed by atoms with Crippen LogP contribution in [0.4, 0.5) is 14.9 Å². The van der Waals surface area contributed by atoms with Crippen molar-refractivity contribution in [3.8, 4) is 21.9 Å². The molecule has 1 amide bonds. The van der Waals surface area contributed by atoms with Crippen LogP contribution in [0.2, 0.25) is 0 Å². The molecule has 0 aliphatic heterocycles. The number of pyridine rings is 1. The average Bonchev–Trinajstić information content (AvgIpc) is 3.44. The number of fused-ring (bicyclic) bond motifs is 1. The highest BCUT2D eigenvalue weighted by molar-refractivity contribution is 7.22. The number of rotatable bonds is 8. The second-order valence-corrected chi connectivity index (χ2v) is 9.93. The van der Waals surface area contributed by atoms with E-state index in [0.29, 0.717) is 35.5 Å². The third-order valence-corrected chi connectivity index (χ3v) is 6.06. The molecule has 4 aromatic rings. The molecule has 3 aromatic heterocycles. The van der Waals surface area contributed by atoms with Gasteiger partial charge in [-0.3, -0.25) is 19.8 Å². The lowest BCUT2D eigenvalue weighted by Crippen LogP contribution is -2.33. The van der Waals surface area contributed by atoms with Crippen molar-refractivity contribution in [2.24, 2.45) is 0 Å². The van der Waals surface area contributed by atoms with Crippen LogP contribution >= 0.6 is 11.3 Å². The molecule has 0 radical (unpaired) electrons. The summed E-state index contributed by atoms with van der Waals surface area (Å²) in [4.78, 5) is 27.2. The van der Waals surface area contributed by atoms with E-state index in [4.69, 9.17) is 9.47 Å². The Hall–Kier alpha value is -4.06. The second-order valence-electron chi connectivity index (χ2n) is 8.88. The molecular formula is C24H24FN5O5S. The number of hydrogen-bond acceptors (Lipinski definition) is 8. The van der Waals surface area contributed by atoms with E-state index >= 15 is 0 Å². The maximum atomic E-state index is 14.3. The second kappa shape index (κ2) is 10.3. The van der Waals surface area contributed by atoms with Crippen LogP contribution in [-0.4, -0.2) is 37.9 Å². The van der Waals surface area contributed by atoms with Gasteiger partial charge in [-0.25, -0.2) is 9.18 Å². The summed E-state index contributed by atoms with van der Waals surface area (Å²) < 4.78 is 27.8. The lowest BCUT2D eigenvalue weighted by atomic mass is 10.2. The van der Waals surface area contributed by atoms with E-state index in [1.165, 1.54) is 23.5 Å².